The summed E-state index contributed by atoms with van der Waals surface area (Å²) >= 11 is 0. The molecule has 0 atom stereocenters. The number of nitrogens with zero attached hydrogens (tertiary/aromatic N) is 1. The molecule has 58 heavy (non-hydrogen) atoms. The summed E-state index contributed by atoms with van der Waals surface area (Å²) < 4.78 is 7.36. The van der Waals surface area contributed by atoms with Crippen molar-refractivity contribution in [2.45, 2.75) is 38.5 Å². The second kappa shape index (κ2) is 11.8. The first-order valence-corrected chi connectivity index (χ1v) is 20.4. The number of anilines is 3. The Morgan fingerprint density at radius 2 is 0.948 bits per heavy atom. The number of hydrogen-bond acceptors (Lipinski definition) is 2. The number of benzene rings is 9. The maximum absolute atomic E-state index is 7.36. The number of rotatable bonds is 4. The third-order valence-corrected chi connectivity index (χ3v) is 13.4. The molecule has 12 rings (SSSR count). The van der Waals surface area contributed by atoms with Gasteiger partial charge in [0.05, 0.1) is 5.69 Å². The van der Waals surface area contributed by atoms with Gasteiger partial charge in [0, 0.05) is 38.5 Å². The fraction of sp³-hybridized carbons (Fsp3) is 0.107. The molecule has 0 aliphatic heterocycles. The van der Waals surface area contributed by atoms with Crippen molar-refractivity contribution in [2.24, 2.45) is 0 Å². The van der Waals surface area contributed by atoms with E-state index in [-0.39, 0.29) is 10.8 Å². The lowest BCUT2D eigenvalue weighted by Crippen LogP contribution is -2.16. The van der Waals surface area contributed by atoms with E-state index in [1.165, 1.54) is 71.6 Å². The average molecular weight is 744 g/mol. The number of hydrogen-bond donors (Lipinski definition) is 0. The Bertz CT molecular complexity index is 3360. The van der Waals surface area contributed by atoms with Crippen molar-refractivity contribution in [1.82, 2.24) is 0 Å². The SMILES string of the molecule is CC1(C)c2ccccc2-c2ccc(-c3c4ccccc4cc4c3oc3c(N(c5ccc6c(c5)C(C)(C)c5ccccc5-6)c5ccc6ccccc6c5)cccc34)cc21. The standard InChI is InChI=1S/C56H41NO/c1-55(2)47-21-11-9-18-41(47)43-28-25-37(32-49(43)55)52-40-17-8-7-16-36(40)31-46-45-20-13-23-51(53(45)58-54(46)52)57(38-26-24-34-14-5-6-15-35(34)30-38)39-27-29-44-42-19-10-12-22-48(42)56(3,4)50(44)33-39/h5-33H,1-4H3. The molecule has 0 saturated carbocycles. The van der Waals surface area contributed by atoms with Crippen LogP contribution in [0.3, 0.4) is 0 Å². The molecule has 2 nitrogen and oxygen atoms in total. The summed E-state index contributed by atoms with van der Waals surface area (Å²) in [5.74, 6) is 0. The van der Waals surface area contributed by atoms with E-state index >= 15 is 0 Å². The van der Waals surface area contributed by atoms with Crippen LogP contribution in [0.1, 0.15) is 49.9 Å². The fourth-order valence-electron chi connectivity index (χ4n) is 10.5. The molecule has 0 N–H and O–H groups in total. The summed E-state index contributed by atoms with van der Waals surface area (Å²) in [5, 5.41) is 7.04. The first-order chi connectivity index (χ1) is 28.3. The quantitative estimate of drug-likeness (QED) is 0.178. The molecule has 2 heteroatoms. The van der Waals surface area contributed by atoms with Crippen LogP contribution in [0.25, 0.3) is 76.9 Å². The highest BCUT2D eigenvalue weighted by Crippen LogP contribution is 2.53. The molecule has 2 aliphatic rings. The summed E-state index contributed by atoms with van der Waals surface area (Å²) in [6, 6.07) is 65.0. The van der Waals surface area contributed by atoms with Crippen LogP contribution in [0.15, 0.2) is 180 Å². The molecule has 0 radical (unpaired) electrons. The molecule has 0 unspecified atom stereocenters. The van der Waals surface area contributed by atoms with E-state index in [0.29, 0.717) is 0 Å². The van der Waals surface area contributed by atoms with Crippen LogP contribution in [0, 0.1) is 0 Å². The topological polar surface area (TPSA) is 16.4 Å². The molecule has 0 amide bonds. The lowest BCUT2D eigenvalue weighted by atomic mass is 9.81. The van der Waals surface area contributed by atoms with E-state index in [1.807, 2.05) is 0 Å². The molecule has 0 bridgehead atoms. The second-order valence-corrected chi connectivity index (χ2v) is 17.3. The van der Waals surface area contributed by atoms with Gasteiger partial charge in [0.15, 0.2) is 5.58 Å². The zero-order chi connectivity index (χ0) is 38.9. The molecule has 10 aromatic rings. The summed E-state index contributed by atoms with van der Waals surface area (Å²) in [4.78, 5) is 2.41. The molecule has 1 heterocycles. The largest absolute Gasteiger partial charge is 0.453 e. The lowest BCUT2D eigenvalue weighted by molar-refractivity contribution is 0.660. The average Bonchev–Trinajstić information content (AvgIpc) is 3.82. The van der Waals surface area contributed by atoms with Crippen molar-refractivity contribution in [3.8, 4) is 33.4 Å². The third-order valence-electron chi connectivity index (χ3n) is 13.4. The van der Waals surface area contributed by atoms with Gasteiger partial charge in [0.2, 0.25) is 0 Å². The molecule has 0 spiro atoms. The van der Waals surface area contributed by atoms with Crippen molar-refractivity contribution in [3.05, 3.63) is 198 Å². The molecule has 9 aromatic carbocycles. The van der Waals surface area contributed by atoms with E-state index in [9.17, 15) is 0 Å². The van der Waals surface area contributed by atoms with Crippen LogP contribution in [-0.4, -0.2) is 0 Å². The van der Waals surface area contributed by atoms with Crippen molar-refractivity contribution >= 4 is 60.5 Å². The second-order valence-electron chi connectivity index (χ2n) is 17.3. The fourth-order valence-corrected chi connectivity index (χ4v) is 10.5. The Kier molecular flexibility index (Phi) is 6.78. The predicted octanol–water partition coefficient (Wildman–Crippen LogP) is 15.6. The van der Waals surface area contributed by atoms with Gasteiger partial charge in [-0.1, -0.05) is 161 Å². The lowest BCUT2D eigenvalue weighted by Gasteiger charge is -2.28. The van der Waals surface area contributed by atoms with Crippen molar-refractivity contribution < 1.29 is 4.42 Å². The highest BCUT2D eigenvalue weighted by molar-refractivity contribution is 6.20. The van der Waals surface area contributed by atoms with Gasteiger partial charge in [-0.05, 0) is 114 Å². The number of furan rings is 1. The van der Waals surface area contributed by atoms with Gasteiger partial charge in [-0.25, -0.2) is 0 Å². The van der Waals surface area contributed by atoms with Crippen LogP contribution >= 0.6 is 0 Å². The minimum Gasteiger partial charge on any atom is -0.453 e. The van der Waals surface area contributed by atoms with Crippen LogP contribution in [0.5, 0.6) is 0 Å². The number of fused-ring (bicyclic) bond motifs is 11. The summed E-state index contributed by atoms with van der Waals surface area (Å²) in [7, 11) is 0. The molecule has 0 fully saturated rings. The number of para-hydroxylation sites is 1. The Labute approximate surface area is 338 Å². The van der Waals surface area contributed by atoms with Crippen molar-refractivity contribution in [2.75, 3.05) is 4.90 Å². The minimum atomic E-state index is -0.136. The zero-order valence-corrected chi connectivity index (χ0v) is 33.1. The highest BCUT2D eigenvalue weighted by Gasteiger charge is 2.37. The van der Waals surface area contributed by atoms with E-state index < -0.39 is 0 Å². The van der Waals surface area contributed by atoms with Crippen LogP contribution in [-0.2, 0) is 10.8 Å². The molecule has 276 valence electrons. The van der Waals surface area contributed by atoms with Gasteiger partial charge < -0.3 is 9.32 Å². The normalized spacial score (nSPS) is 14.5. The van der Waals surface area contributed by atoms with Gasteiger partial charge in [-0.3, -0.25) is 0 Å². The predicted molar refractivity (Wildman–Crippen MR) is 244 cm³/mol. The van der Waals surface area contributed by atoms with E-state index in [2.05, 4.69) is 209 Å². The molecule has 1 aromatic heterocycles. The molecular weight excluding hydrogens is 703 g/mol. The first-order valence-electron chi connectivity index (χ1n) is 20.4. The van der Waals surface area contributed by atoms with E-state index in [1.54, 1.807) is 0 Å². The Morgan fingerprint density at radius 3 is 1.71 bits per heavy atom. The Hall–Kier alpha value is -6.90. The molecular formula is C56H41NO. The summed E-state index contributed by atoms with van der Waals surface area (Å²) in [6.07, 6.45) is 0. The van der Waals surface area contributed by atoms with Gasteiger partial charge in [-0.2, -0.15) is 0 Å². The van der Waals surface area contributed by atoms with Gasteiger partial charge >= 0.3 is 0 Å². The maximum Gasteiger partial charge on any atom is 0.159 e. The first kappa shape index (κ1) is 33.3. The van der Waals surface area contributed by atoms with Gasteiger partial charge in [0.1, 0.15) is 5.58 Å². The molecule has 0 saturated heterocycles. The van der Waals surface area contributed by atoms with E-state index in [4.69, 9.17) is 4.42 Å². The van der Waals surface area contributed by atoms with Crippen LogP contribution in [0.4, 0.5) is 17.1 Å². The van der Waals surface area contributed by atoms with Crippen molar-refractivity contribution in [3.63, 3.8) is 0 Å². The minimum absolute atomic E-state index is 0.112. The third kappa shape index (κ3) is 4.54. The molecule has 2 aliphatic carbocycles. The highest BCUT2D eigenvalue weighted by atomic mass is 16.3. The monoisotopic (exact) mass is 743 g/mol. The Morgan fingerprint density at radius 1 is 0.379 bits per heavy atom. The smallest absolute Gasteiger partial charge is 0.159 e. The van der Waals surface area contributed by atoms with Crippen LogP contribution < -0.4 is 4.90 Å². The summed E-state index contributed by atoms with van der Waals surface area (Å²) in [5.41, 5.74) is 17.8. The summed E-state index contributed by atoms with van der Waals surface area (Å²) in [6.45, 7) is 9.42. The van der Waals surface area contributed by atoms with Crippen molar-refractivity contribution in [1.29, 1.82) is 0 Å². The zero-order valence-electron chi connectivity index (χ0n) is 33.1. The Balaban J connectivity index is 1.12. The van der Waals surface area contributed by atoms with E-state index in [0.717, 1.165) is 44.6 Å². The van der Waals surface area contributed by atoms with Gasteiger partial charge in [-0.15, -0.1) is 0 Å². The maximum atomic E-state index is 7.36. The van der Waals surface area contributed by atoms with Gasteiger partial charge in [0.25, 0.3) is 0 Å². The van der Waals surface area contributed by atoms with Crippen LogP contribution in [0.2, 0.25) is 0 Å².